The van der Waals surface area contributed by atoms with Crippen LogP contribution in [0.2, 0.25) is 0 Å². The Bertz CT molecular complexity index is 759. The van der Waals surface area contributed by atoms with Crippen molar-refractivity contribution in [2.75, 3.05) is 6.61 Å². The third-order valence-electron chi connectivity index (χ3n) is 4.55. The van der Waals surface area contributed by atoms with Crippen LogP contribution in [0.3, 0.4) is 0 Å². The van der Waals surface area contributed by atoms with Crippen molar-refractivity contribution in [3.05, 3.63) is 46.8 Å². The molecule has 0 saturated carbocycles. The third kappa shape index (κ3) is 6.40. The van der Waals surface area contributed by atoms with Crippen LogP contribution in [0.1, 0.15) is 49.3 Å². The first-order valence-electron chi connectivity index (χ1n) is 9.51. The number of ether oxygens (including phenoxy) is 2. The molecule has 1 amide bonds. The Morgan fingerprint density at radius 1 is 1.14 bits per heavy atom. The molecular formula is C21H28N2O5. The van der Waals surface area contributed by atoms with E-state index in [1.165, 1.54) is 0 Å². The molecule has 1 aromatic heterocycles. The highest BCUT2D eigenvalue weighted by molar-refractivity contribution is 5.81. The molecule has 0 bridgehead atoms. The molecule has 1 aromatic carbocycles. The SMILES string of the molecule is CCC(CC)NC(=O)COC(=O)Cc1ccc(OCc2c(C)noc2C)cc1. The monoisotopic (exact) mass is 388 g/mol. The Balaban J connectivity index is 1.77. The second-order valence-electron chi connectivity index (χ2n) is 6.65. The molecule has 1 heterocycles. The number of rotatable bonds is 10. The van der Waals surface area contributed by atoms with E-state index >= 15 is 0 Å². The smallest absolute Gasteiger partial charge is 0.310 e. The summed E-state index contributed by atoms with van der Waals surface area (Å²) in [5, 5.41) is 6.73. The molecular weight excluding hydrogens is 360 g/mol. The fourth-order valence-corrected chi connectivity index (χ4v) is 2.69. The van der Waals surface area contributed by atoms with E-state index in [2.05, 4.69) is 10.5 Å². The fraction of sp³-hybridized carbons (Fsp3) is 0.476. The number of hydrogen-bond acceptors (Lipinski definition) is 6. The van der Waals surface area contributed by atoms with Crippen LogP contribution in [-0.2, 0) is 27.4 Å². The standard InChI is InChI=1S/C21H28N2O5/c1-5-17(6-2)22-20(24)13-27-21(25)11-16-7-9-18(10-8-16)26-12-19-14(3)23-28-15(19)4/h7-10,17H,5-6,11-13H2,1-4H3,(H,22,24). The first-order chi connectivity index (χ1) is 13.4. The molecule has 0 spiro atoms. The summed E-state index contributed by atoms with van der Waals surface area (Å²) < 4.78 is 15.9. The van der Waals surface area contributed by atoms with Gasteiger partial charge in [0.25, 0.3) is 5.91 Å². The lowest BCUT2D eigenvalue weighted by Crippen LogP contribution is -2.37. The van der Waals surface area contributed by atoms with E-state index in [0.717, 1.165) is 35.4 Å². The van der Waals surface area contributed by atoms with Crippen LogP contribution in [0.4, 0.5) is 0 Å². The highest BCUT2D eigenvalue weighted by Gasteiger charge is 2.12. The normalized spacial score (nSPS) is 10.8. The maximum Gasteiger partial charge on any atom is 0.310 e. The van der Waals surface area contributed by atoms with E-state index in [4.69, 9.17) is 14.0 Å². The lowest BCUT2D eigenvalue weighted by molar-refractivity contribution is -0.148. The van der Waals surface area contributed by atoms with E-state index in [1.54, 1.807) is 24.3 Å². The topological polar surface area (TPSA) is 90.7 Å². The Labute approximate surface area is 165 Å². The van der Waals surface area contributed by atoms with Gasteiger partial charge in [0, 0.05) is 6.04 Å². The molecule has 0 unspecified atom stereocenters. The van der Waals surface area contributed by atoms with Crippen molar-refractivity contribution in [1.82, 2.24) is 10.5 Å². The van der Waals surface area contributed by atoms with E-state index in [9.17, 15) is 9.59 Å². The van der Waals surface area contributed by atoms with Crippen molar-refractivity contribution in [2.24, 2.45) is 0 Å². The minimum atomic E-state index is -0.441. The summed E-state index contributed by atoms with van der Waals surface area (Å²) in [7, 11) is 0. The van der Waals surface area contributed by atoms with Gasteiger partial charge < -0.3 is 19.3 Å². The highest BCUT2D eigenvalue weighted by atomic mass is 16.5. The molecule has 0 atom stereocenters. The summed E-state index contributed by atoms with van der Waals surface area (Å²) in [6.45, 7) is 7.83. The van der Waals surface area contributed by atoms with Crippen molar-refractivity contribution in [3.8, 4) is 5.75 Å². The van der Waals surface area contributed by atoms with E-state index in [0.29, 0.717) is 12.4 Å². The van der Waals surface area contributed by atoms with Gasteiger partial charge in [-0.05, 0) is 44.4 Å². The quantitative estimate of drug-likeness (QED) is 0.628. The lowest BCUT2D eigenvalue weighted by Gasteiger charge is -2.14. The molecule has 28 heavy (non-hydrogen) atoms. The molecule has 0 aliphatic heterocycles. The summed E-state index contributed by atoms with van der Waals surface area (Å²) in [6, 6.07) is 7.30. The fourth-order valence-electron chi connectivity index (χ4n) is 2.69. The average molecular weight is 388 g/mol. The molecule has 0 radical (unpaired) electrons. The summed E-state index contributed by atoms with van der Waals surface area (Å²) in [4.78, 5) is 23.7. The number of esters is 1. The molecule has 0 aliphatic carbocycles. The number of aryl methyl sites for hydroxylation is 2. The largest absolute Gasteiger partial charge is 0.489 e. The van der Waals surface area contributed by atoms with Gasteiger partial charge in [0.2, 0.25) is 0 Å². The van der Waals surface area contributed by atoms with Gasteiger partial charge in [0.05, 0.1) is 17.7 Å². The van der Waals surface area contributed by atoms with Crippen LogP contribution in [0.15, 0.2) is 28.8 Å². The van der Waals surface area contributed by atoms with Gasteiger partial charge in [-0.15, -0.1) is 0 Å². The molecule has 7 nitrogen and oxygen atoms in total. The number of benzene rings is 1. The zero-order valence-electron chi connectivity index (χ0n) is 16.9. The number of aromatic nitrogens is 1. The molecule has 0 saturated heterocycles. The molecule has 0 aliphatic rings. The van der Waals surface area contributed by atoms with Gasteiger partial charge in [-0.2, -0.15) is 0 Å². The van der Waals surface area contributed by atoms with Gasteiger partial charge in [-0.1, -0.05) is 31.1 Å². The Morgan fingerprint density at radius 3 is 2.39 bits per heavy atom. The maximum atomic E-state index is 11.9. The summed E-state index contributed by atoms with van der Waals surface area (Å²) in [5.41, 5.74) is 2.53. The highest BCUT2D eigenvalue weighted by Crippen LogP contribution is 2.18. The zero-order chi connectivity index (χ0) is 20.5. The Morgan fingerprint density at radius 2 is 1.82 bits per heavy atom. The third-order valence-corrected chi connectivity index (χ3v) is 4.55. The van der Waals surface area contributed by atoms with Crippen LogP contribution < -0.4 is 10.1 Å². The van der Waals surface area contributed by atoms with Crippen LogP contribution >= 0.6 is 0 Å². The number of hydrogen-bond donors (Lipinski definition) is 1. The van der Waals surface area contributed by atoms with Crippen molar-refractivity contribution in [2.45, 2.75) is 59.6 Å². The van der Waals surface area contributed by atoms with Gasteiger partial charge >= 0.3 is 5.97 Å². The minimum Gasteiger partial charge on any atom is -0.489 e. The van der Waals surface area contributed by atoms with Crippen molar-refractivity contribution < 1.29 is 23.6 Å². The second-order valence-corrected chi connectivity index (χ2v) is 6.65. The van der Waals surface area contributed by atoms with Gasteiger partial charge in [-0.25, -0.2) is 0 Å². The second kappa shape index (κ2) is 10.5. The maximum absolute atomic E-state index is 11.9. The molecule has 1 N–H and O–H groups in total. The summed E-state index contributed by atoms with van der Waals surface area (Å²) >= 11 is 0. The molecule has 2 aromatic rings. The number of carbonyl (C=O) groups is 2. The van der Waals surface area contributed by atoms with Crippen LogP contribution in [0, 0.1) is 13.8 Å². The Hall–Kier alpha value is -2.83. The molecule has 0 fully saturated rings. The lowest BCUT2D eigenvalue weighted by atomic mass is 10.1. The summed E-state index contributed by atoms with van der Waals surface area (Å²) in [6.07, 6.45) is 1.80. The van der Waals surface area contributed by atoms with Crippen LogP contribution in [-0.4, -0.2) is 29.7 Å². The zero-order valence-corrected chi connectivity index (χ0v) is 16.9. The molecule has 152 valence electrons. The molecule has 2 rings (SSSR count). The van der Waals surface area contributed by atoms with Crippen molar-refractivity contribution in [1.29, 1.82) is 0 Å². The summed E-state index contributed by atoms with van der Waals surface area (Å²) in [5.74, 6) is 0.709. The van der Waals surface area contributed by atoms with Crippen LogP contribution in [0.25, 0.3) is 0 Å². The van der Waals surface area contributed by atoms with Gasteiger partial charge in [0.15, 0.2) is 6.61 Å². The minimum absolute atomic E-state index is 0.0996. The van der Waals surface area contributed by atoms with Crippen molar-refractivity contribution >= 4 is 11.9 Å². The predicted molar refractivity (Wildman–Crippen MR) is 104 cm³/mol. The van der Waals surface area contributed by atoms with E-state index in [1.807, 2.05) is 27.7 Å². The number of carbonyl (C=O) groups excluding carboxylic acids is 2. The van der Waals surface area contributed by atoms with Gasteiger partial charge in [0.1, 0.15) is 18.1 Å². The predicted octanol–water partition coefficient (Wildman–Crippen LogP) is 3.26. The van der Waals surface area contributed by atoms with Gasteiger partial charge in [-0.3, -0.25) is 9.59 Å². The first-order valence-corrected chi connectivity index (χ1v) is 9.51. The molecule has 7 heteroatoms. The van der Waals surface area contributed by atoms with Crippen LogP contribution in [0.5, 0.6) is 5.75 Å². The number of nitrogens with one attached hydrogen (secondary N) is 1. The van der Waals surface area contributed by atoms with E-state index in [-0.39, 0.29) is 25.0 Å². The first kappa shape index (κ1) is 21.5. The van der Waals surface area contributed by atoms with Crippen molar-refractivity contribution in [3.63, 3.8) is 0 Å². The average Bonchev–Trinajstić information content (AvgIpc) is 3.01. The van der Waals surface area contributed by atoms with E-state index < -0.39 is 5.97 Å². The Kier molecular flexibility index (Phi) is 8.04. The number of nitrogens with zero attached hydrogens (tertiary/aromatic N) is 1. The number of amides is 1.